The Morgan fingerprint density at radius 2 is 1.71 bits per heavy atom. The first-order valence-electron chi connectivity index (χ1n) is 8.68. The van der Waals surface area contributed by atoms with E-state index in [0.717, 1.165) is 24.2 Å². The molecule has 0 saturated carbocycles. The number of rotatable bonds is 6. The molecule has 0 bridgehead atoms. The van der Waals surface area contributed by atoms with Gasteiger partial charge in [0.2, 0.25) is 0 Å². The first-order valence-corrected chi connectivity index (χ1v) is 8.68. The highest BCUT2D eigenvalue weighted by Crippen LogP contribution is 2.25. The lowest BCUT2D eigenvalue weighted by molar-refractivity contribution is 0.888. The monoisotopic (exact) mass is 319 g/mol. The average Bonchev–Trinajstić information content (AvgIpc) is 2.59. The van der Waals surface area contributed by atoms with Crippen LogP contribution in [0.25, 0.3) is 11.3 Å². The van der Waals surface area contributed by atoms with Crippen molar-refractivity contribution in [1.29, 1.82) is 0 Å². The van der Waals surface area contributed by atoms with E-state index in [1.165, 1.54) is 33.4 Å². The van der Waals surface area contributed by atoms with Crippen LogP contribution in [0.5, 0.6) is 0 Å². The Hall–Kier alpha value is -2.28. The third kappa shape index (κ3) is 4.38. The second-order valence-corrected chi connectivity index (χ2v) is 6.66. The lowest BCUT2D eigenvalue weighted by Crippen LogP contribution is -2.11. The van der Waals surface area contributed by atoms with E-state index >= 15 is 0 Å². The van der Waals surface area contributed by atoms with Gasteiger partial charge in [-0.1, -0.05) is 55.5 Å². The van der Waals surface area contributed by atoms with Crippen molar-refractivity contribution in [2.24, 2.45) is 0 Å². The van der Waals surface area contributed by atoms with Crippen LogP contribution in [0.1, 0.15) is 55.5 Å². The third-order valence-corrected chi connectivity index (χ3v) is 4.65. The summed E-state index contributed by atoms with van der Waals surface area (Å²) < 4.78 is 0. The molecule has 1 heteroatoms. The van der Waals surface area contributed by atoms with E-state index in [1.54, 1.807) is 0 Å². The highest BCUT2D eigenvalue weighted by atomic mass is 14.9. The molecular formula is C23H29N. The summed E-state index contributed by atoms with van der Waals surface area (Å²) in [5, 5.41) is 3.47. The van der Waals surface area contributed by atoms with Crippen molar-refractivity contribution >= 4 is 11.3 Å². The quantitative estimate of drug-likeness (QED) is 0.675. The number of hydrogen-bond acceptors (Lipinski definition) is 1. The van der Waals surface area contributed by atoms with Gasteiger partial charge in [0, 0.05) is 12.2 Å². The van der Waals surface area contributed by atoms with Crippen LogP contribution in [0.4, 0.5) is 0 Å². The summed E-state index contributed by atoms with van der Waals surface area (Å²) in [6.45, 7) is 15.9. The Bertz CT molecular complexity index is 761. The molecule has 2 rings (SSSR count). The van der Waals surface area contributed by atoms with Crippen molar-refractivity contribution in [1.82, 2.24) is 5.32 Å². The summed E-state index contributed by atoms with van der Waals surface area (Å²) in [5.74, 6) is 0. The van der Waals surface area contributed by atoms with Gasteiger partial charge in [0.05, 0.1) is 0 Å². The van der Waals surface area contributed by atoms with Crippen LogP contribution in [0, 0.1) is 6.92 Å². The minimum absolute atomic E-state index is 0.803. The summed E-state index contributed by atoms with van der Waals surface area (Å²) in [6.07, 6.45) is 1.07. The van der Waals surface area contributed by atoms with Crippen molar-refractivity contribution in [3.63, 3.8) is 0 Å². The van der Waals surface area contributed by atoms with E-state index in [-0.39, 0.29) is 0 Å². The van der Waals surface area contributed by atoms with Gasteiger partial charge >= 0.3 is 0 Å². The lowest BCUT2D eigenvalue weighted by Gasteiger charge is -2.14. The van der Waals surface area contributed by atoms with Gasteiger partial charge in [0.25, 0.3) is 0 Å². The third-order valence-electron chi connectivity index (χ3n) is 4.65. The lowest BCUT2D eigenvalue weighted by atomic mass is 9.95. The van der Waals surface area contributed by atoms with Crippen LogP contribution in [-0.2, 0) is 13.0 Å². The number of allylic oxidation sites excluding steroid dienone is 2. The Morgan fingerprint density at radius 3 is 2.38 bits per heavy atom. The van der Waals surface area contributed by atoms with Gasteiger partial charge in [-0.3, -0.25) is 0 Å². The van der Waals surface area contributed by atoms with Crippen LogP contribution in [-0.4, -0.2) is 0 Å². The number of aryl methyl sites for hydroxylation is 2. The summed E-state index contributed by atoms with van der Waals surface area (Å²) in [7, 11) is 0. The zero-order valence-electron chi connectivity index (χ0n) is 15.7. The maximum Gasteiger partial charge on any atom is 0.0400 e. The van der Waals surface area contributed by atoms with Gasteiger partial charge in [-0.2, -0.15) is 0 Å². The molecule has 24 heavy (non-hydrogen) atoms. The van der Waals surface area contributed by atoms with Gasteiger partial charge in [-0.25, -0.2) is 0 Å². The smallest absolute Gasteiger partial charge is 0.0400 e. The fourth-order valence-corrected chi connectivity index (χ4v) is 2.75. The standard InChI is InChI=1S/C23H29N/c1-7-20-9-8-10-21(13-20)15-24-19(6)22-12-11-17(4)23(14-22)18(5)16(2)3/h8-14,24H,6-7,15H2,1-5H3. The fraction of sp³-hybridized carbons (Fsp3) is 0.304. The molecule has 0 saturated heterocycles. The molecule has 0 aliphatic rings. The summed E-state index contributed by atoms with van der Waals surface area (Å²) >= 11 is 0. The molecule has 0 aromatic heterocycles. The van der Waals surface area contributed by atoms with Crippen LogP contribution in [0.2, 0.25) is 0 Å². The average molecular weight is 319 g/mol. The largest absolute Gasteiger partial charge is 0.381 e. The molecule has 0 amide bonds. The minimum atomic E-state index is 0.803. The zero-order valence-corrected chi connectivity index (χ0v) is 15.7. The molecule has 2 aromatic rings. The highest BCUT2D eigenvalue weighted by molar-refractivity contribution is 5.73. The van der Waals surface area contributed by atoms with Crippen LogP contribution in [0.3, 0.4) is 0 Å². The molecule has 0 unspecified atom stereocenters. The molecule has 0 spiro atoms. The summed E-state index contributed by atoms with van der Waals surface area (Å²) in [6, 6.07) is 15.3. The van der Waals surface area contributed by atoms with Gasteiger partial charge in [0.15, 0.2) is 0 Å². The predicted molar refractivity (Wildman–Crippen MR) is 107 cm³/mol. The molecule has 0 heterocycles. The van der Waals surface area contributed by atoms with Crippen LogP contribution < -0.4 is 5.32 Å². The highest BCUT2D eigenvalue weighted by Gasteiger charge is 2.06. The number of benzene rings is 2. The van der Waals surface area contributed by atoms with E-state index < -0.39 is 0 Å². The zero-order chi connectivity index (χ0) is 17.7. The van der Waals surface area contributed by atoms with E-state index in [1.807, 2.05) is 0 Å². The predicted octanol–water partition coefficient (Wildman–Crippen LogP) is 6.13. The maximum absolute atomic E-state index is 4.23. The SMILES string of the molecule is C=C(NCc1cccc(CC)c1)c1ccc(C)c(C(C)=C(C)C)c1. The molecule has 0 radical (unpaired) electrons. The molecular weight excluding hydrogens is 290 g/mol. The first kappa shape index (κ1) is 18.1. The van der Waals surface area contributed by atoms with Crippen molar-refractivity contribution < 1.29 is 0 Å². The van der Waals surface area contributed by atoms with E-state index in [4.69, 9.17) is 0 Å². The fourth-order valence-electron chi connectivity index (χ4n) is 2.75. The Balaban J connectivity index is 2.15. The van der Waals surface area contributed by atoms with Crippen molar-refractivity contribution in [2.75, 3.05) is 0 Å². The molecule has 0 fully saturated rings. The second-order valence-electron chi connectivity index (χ2n) is 6.66. The van der Waals surface area contributed by atoms with Crippen molar-refractivity contribution in [3.8, 4) is 0 Å². The van der Waals surface area contributed by atoms with Gasteiger partial charge in [-0.15, -0.1) is 0 Å². The molecule has 0 aliphatic heterocycles. The van der Waals surface area contributed by atoms with E-state index in [0.29, 0.717) is 0 Å². The molecule has 1 nitrogen and oxygen atoms in total. The van der Waals surface area contributed by atoms with Crippen LogP contribution >= 0.6 is 0 Å². The number of hydrogen-bond donors (Lipinski definition) is 1. The minimum Gasteiger partial charge on any atom is -0.381 e. The Labute approximate surface area is 147 Å². The summed E-state index contributed by atoms with van der Waals surface area (Å²) in [4.78, 5) is 0. The van der Waals surface area contributed by atoms with Gasteiger partial charge in [0.1, 0.15) is 0 Å². The summed E-state index contributed by atoms with van der Waals surface area (Å²) in [5.41, 5.74) is 10.1. The first-order chi connectivity index (χ1) is 11.4. The Morgan fingerprint density at radius 1 is 1.00 bits per heavy atom. The normalized spacial score (nSPS) is 10.4. The van der Waals surface area contributed by atoms with E-state index in [9.17, 15) is 0 Å². The second kappa shape index (κ2) is 8.01. The Kier molecular flexibility index (Phi) is 6.03. The molecule has 1 N–H and O–H groups in total. The topological polar surface area (TPSA) is 12.0 Å². The van der Waals surface area contributed by atoms with Gasteiger partial charge < -0.3 is 5.32 Å². The molecule has 0 aliphatic carbocycles. The maximum atomic E-state index is 4.23. The van der Waals surface area contributed by atoms with Crippen molar-refractivity contribution in [3.05, 3.63) is 82.4 Å². The van der Waals surface area contributed by atoms with Crippen LogP contribution in [0.15, 0.2) is 54.6 Å². The number of nitrogens with one attached hydrogen (secondary N) is 1. The molecule has 126 valence electrons. The molecule has 0 atom stereocenters. The van der Waals surface area contributed by atoms with E-state index in [2.05, 4.69) is 89.0 Å². The van der Waals surface area contributed by atoms with Gasteiger partial charge in [-0.05, 0) is 73.6 Å². The molecule has 2 aromatic carbocycles. The van der Waals surface area contributed by atoms with Crippen molar-refractivity contribution in [2.45, 2.75) is 47.6 Å².